The Bertz CT molecular complexity index is 619. The third-order valence-corrected chi connectivity index (χ3v) is 3.44. The summed E-state index contributed by atoms with van der Waals surface area (Å²) in [6.07, 6.45) is 3.83. The van der Waals surface area contributed by atoms with Crippen LogP contribution < -0.4 is 14.2 Å². The fourth-order valence-corrected chi connectivity index (χ4v) is 2.45. The molecule has 0 aliphatic carbocycles. The van der Waals surface area contributed by atoms with Crippen LogP contribution in [-0.2, 0) is 4.79 Å². The molecule has 0 N–H and O–H groups in total. The Labute approximate surface area is 124 Å². The standard InChI is InChI=1S/C16H19NO4/c1-10-14-12(7-6-8-17(10)11(2)18)9-13(19-3)15(20-4)16(14)21-5/h6-7,9H,1,8H2,2-5H3. The molecular weight excluding hydrogens is 270 g/mol. The second kappa shape index (κ2) is 5.91. The molecular formula is C16H19NO4. The highest BCUT2D eigenvalue weighted by Crippen LogP contribution is 2.46. The summed E-state index contributed by atoms with van der Waals surface area (Å²) in [5, 5.41) is 0. The number of hydrogen-bond acceptors (Lipinski definition) is 4. The molecule has 1 aliphatic heterocycles. The third kappa shape index (κ3) is 2.46. The van der Waals surface area contributed by atoms with Gasteiger partial charge < -0.3 is 19.1 Å². The van der Waals surface area contributed by atoms with E-state index in [1.54, 1.807) is 26.2 Å². The minimum atomic E-state index is -0.0747. The van der Waals surface area contributed by atoms with Gasteiger partial charge in [-0.15, -0.1) is 0 Å². The Balaban J connectivity index is 2.74. The van der Waals surface area contributed by atoms with Gasteiger partial charge in [-0.2, -0.15) is 0 Å². The first-order valence-corrected chi connectivity index (χ1v) is 6.52. The molecule has 0 radical (unpaired) electrons. The van der Waals surface area contributed by atoms with Crippen molar-refractivity contribution in [3.8, 4) is 17.2 Å². The number of hydrogen-bond donors (Lipinski definition) is 0. The van der Waals surface area contributed by atoms with Crippen LogP contribution in [-0.4, -0.2) is 38.7 Å². The molecule has 0 aromatic heterocycles. The van der Waals surface area contributed by atoms with Gasteiger partial charge in [0, 0.05) is 19.2 Å². The molecule has 21 heavy (non-hydrogen) atoms. The number of methoxy groups -OCH3 is 3. The summed E-state index contributed by atoms with van der Waals surface area (Å²) in [6, 6.07) is 1.85. The smallest absolute Gasteiger partial charge is 0.224 e. The van der Waals surface area contributed by atoms with Gasteiger partial charge >= 0.3 is 0 Å². The van der Waals surface area contributed by atoms with Gasteiger partial charge in [0.05, 0.1) is 26.9 Å². The van der Waals surface area contributed by atoms with Gasteiger partial charge in [0.25, 0.3) is 0 Å². The van der Waals surface area contributed by atoms with Gasteiger partial charge in [0.2, 0.25) is 11.7 Å². The molecule has 1 amide bonds. The molecule has 1 aliphatic rings. The number of carbonyl (C=O) groups excluding carboxylic acids is 1. The topological polar surface area (TPSA) is 48.0 Å². The van der Waals surface area contributed by atoms with Crippen molar-refractivity contribution in [2.45, 2.75) is 6.92 Å². The molecule has 0 saturated carbocycles. The average molecular weight is 289 g/mol. The molecule has 0 saturated heterocycles. The first kappa shape index (κ1) is 15.0. The quantitative estimate of drug-likeness (QED) is 0.858. The SMILES string of the molecule is C=C1c2c(cc(OC)c(OC)c2OC)C=CCN1C(C)=O. The number of ether oxygens (including phenoxy) is 3. The van der Waals surface area contributed by atoms with Gasteiger partial charge in [0.1, 0.15) is 0 Å². The zero-order chi connectivity index (χ0) is 15.6. The molecule has 1 heterocycles. The van der Waals surface area contributed by atoms with E-state index >= 15 is 0 Å². The van der Waals surface area contributed by atoms with Crippen molar-refractivity contribution in [2.75, 3.05) is 27.9 Å². The van der Waals surface area contributed by atoms with Gasteiger partial charge in [-0.1, -0.05) is 18.7 Å². The van der Waals surface area contributed by atoms with E-state index in [1.807, 2.05) is 18.2 Å². The minimum absolute atomic E-state index is 0.0747. The fourth-order valence-electron chi connectivity index (χ4n) is 2.45. The van der Waals surface area contributed by atoms with E-state index in [0.29, 0.717) is 29.5 Å². The Kier molecular flexibility index (Phi) is 4.21. The second-order valence-electron chi connectivity index (χ2n) is 4.59. The molecule has 0 fully saturated rings. The van der Waals surface area contributed by atoms with Crippen molar-refractivity contribution in [3.63, 3.8) is 0 Å². The Morgan fingerprint density at radius 2 is 1.86 bits per heavy atom. The lowest BCUT2D eigenvalue weighted by Gasteiger charge is -2.24. The monoisotopic (exact) mass is 289 g/mol. The average Bonchev–Trinajstić information content (AvgIpc) is 2.64. The van der Waals surface area contributed by atoms with E-state index in [4.69, 9.17) is 14.2 Å². The summed E-state index contributed by atoms with van der Waals surface area (Å²) in [5.74, 6) is 1.49. The first-order chi connectivity index (χ1) is 10.0. The molecule has 112 valence electrons. The maximum absolute atomic E-state index is 11.8. The highest BCUT2D eigenvalue weighted by Gasteiger charge is 2.26. The molecule has 5 nitrogen and oxygen atoms in total. The zero-order valence-electron chi connectivity index (χ0n) is 12.7. The van der Waals surface area contributed by atoms with Crippen LogP contribution in [0.25, 0.3) is 11.8 Å². The van der Waals surface area contributed by atoms with Crippen LogP contribution in [0.1, 0.15) is 18.1 Å². The number of amides is 1. The maximum atomic E-state index is 11.8. The van der Waals surface area contributed by atoms with E-state index in [-0.39, 0.29) is 5.91 Å². The lowest BCUT2D eigenvalue weighted by molar-refractivity contribution is -0.125. The highest BCUT2D eigenvalue weighted by atomic mass is 16.5. The minimum Gasteiger partial charge on any atom is -0.493 e. The van der Waals surface area contributed by atoms with Crippen LogP contribution >= 0.6 is 0 Å². The maximum Gasteiger partial charge on any atom is 0.224 e. The van der Waals surface area contributed by atoms with Crippen molar-refractivity contribution in [1.82, 2.24) is 4.90 Å². The number of carbonyl (C=O) groups is 1. The zero-order valence-corrected chi connectivity index (χ0v) is 12.7. The third-order valence-electron chi connectivity index (χ3n) is 3.44. The van der Waals surface area contributed by atoms with Crippen molar-refractivity contribution >= 4 is 17.7 Å². The second-order valence-corrected chi connectivity index (χ2v) is 4.59. The van der Waals surface area contributed by atoms with Crippen LogP contribution in [0.3, 0.4) is 0 Å². The Morgan fingerprint density at radius 3 is 2.38 bits per heavy atom. The number of rotatable bonds is 3. The van der Waals surface area contributed by atoms with E-state index in [9.17, 15) is 4.79 Å². The summed E-state index contributed by atoms with van der Waals surface area (Å²) in [5.41, 5.74) is 2.19. The van der Waals surface area contributed by atoms with E-state index in [1.165, 1.54) is 6.92 Å². The molecule has 0 unspecified atom stereocenters. The van der Waals surface area contributed by atoms with Gasteiger partial charge in [0.15, 0.2) is 11.5 Å². The van der Waals surface area contributed by atoms with Gasteiger partial charge in [-0.05, 0) is 11.6 Å². The van der Waals surface area contributed by atoms with Crippen molar-refractivity contribution in [3.05, 3.63) is 29.8 Å². The number of benzene rings is 1. The molecule has 0 atom stereocenters. The molecule has 2 rings (SSSR count). The summed E-state index contributed by atoms with van der Waals surface area (Å²) < 4.78 is 16.2. The van der Waals surface area contributed by atoms with Crippen molar-refractivity contribution < 1.29 is 19.0 Å². The predicted octanol–water partition coefficient (Wildman–Crippen LogP) is 2.56. The van der Waals surface area contributed by atoms with Gasteiger partial charge in [-0.25, -0.2) is 0 Å². The van der Waals surface area contributed by atoms with Crippen LogP contribution in [0.15, 0.2) is 18.7 Å². The molecule has 5 heteroatoms. The lowest BCUT2D eigenvalue weighted by Crippen LogP contribution is -2.26. The van der Waals surface area contributed by atoms with Crippen LogP contribution in [0.4, 0.5) is 0 Å². The summed E-state index contributed by atoms with van der Waals surface area (Å²) >= 11 is 0. The Morgan fingerprint density at radius 1 is 1.19 bits per heavy atom. The lowest BCUT2D eigenvalue weighted by atomic mass is 10.0. The van der Waals surface area contributed by atoms with Crippen LogP contribution in [0.5, 0.6) is 17.2 Å². The summed E-state index contributed by atoms with van der Waals surface area (Å²) in [4.78, 5) is 13.4. The largest absolute Gasteiger partial charge is 0.493 e. The predicted molar refractivity (Wildman–Crippen MR) is 81.6 cm³/mol. The Hall–Kier alpha value is -2.43. The molecule has 0 bridgehead atoms. The first-order valence-electron chi connectivity index (χ1n) is 6.52. The molecule has 1 aromatic rings. The number of nitrogens with zero attached hydrogens (tertiary/aromatic N) is 1. The summed E-state index contributed by atoms with van der Waals surface area (Å²) in [7, 11) is 4.67. The van der Waals surface area contributed by atoms with Crippen molar-refractivity contribution in [1.29, 1.82) is 0 Å². The van der Waals surface area contributed by atoms with E-state index in [0.717, 1.165) is 11.1 Å². The van der Waals surface area contributed by atoms with Crippen LogP contribution in [0, 0.1) is 0 Å². The fraction of sp³-hybridized carbons (Fsp3) is 0.312. The molecule has 0 spiro atoms. The van der Waals surface area contributed by atoms with Gasteiger partial charge in [-0.3, -0.25) is 4.79 Å². The number of fused-ring (bicyclic) bond motifs is 1. The van der Waals surface area contributed by atoms with Crippen molar-refractivity contribution in [2.24, 2.45) is 0 Å². The van der Waals surface area contributed by atoms with E-state index < -0.39 is 0 Å². The van der Waals surface area contributed by atoms with Crippen LogP contribution in [0.2, 0.25) is 0 Å². The highest BCUT2D eigenvalue weighted by molar-refractivity contribution is 5.91. The summed E-state index contributed by atoms with van der Waals surface area (Å²) in [6.45, 7) is 6.03. The van der Waals surface area contributed by atoms with E-state index in [2.05, 4.69) is 6.58 Å². The normalized spacial score (nSPS) is 13.5. The molecule has 1 aromatic carbocycles.